The van der Waals surface area contributed by atoms with E-state index in [4.69, 9.17) is 23.2 Å². The van der Waals surface area contributed by atoms with Crippen LogP contribution in [0.5, 0.6) is 0 Å². The van der Waals surface area contributed by atoms with Gasteiger partial charge in [0.15, 0.2) is 0 Å². The van der Waals surface area contributed by atoms with Crippen molar-refractivity contribution in [3.8, 4) is 0 Å². The largest absolute Gasteiger partial charge is 0.354 e. The Hall–Kier alpha value is -3.07. The second-order valence-corrected chi connectivity index (χ2v) is 14.1. The van der Waals surface area contributed by atoms with Gasteiger partial charge in [-0.2, -0.15) is 0 Å². The van der Waals surface area contributed by atoms with Gasteiger partial charge in [-0.05, 0) is 72.7 Å². The molecule has 2 amide bonds. The van der Waals surface area contributed by atoms with E-state index in [1.54, 1.807) is 42.5 Å². The van der Waals surface area contributed by atoms with Crippen LogP contribution >= 0.6 is 23.2 Å². The summed E-state index contributed by atoms with van der Waals surface area (Å²) in [6, 6.07) is 17.7. The first kappa shape index (κ1) is 34.4. The predicted molar refractivity (Wildman–Crippen MR) is 175 cm³/mol. The summed E-state index contributed by atoms with van der Waals surface area (Å²) in [5.74, 6) is -0.405. The summed E-state index contributed by atoms with van der Waals surface area (Å²) < 4.78 is 29.2. The van der Waals surface area contributed by atoms with E-state index in [1.165, 1.54) is 17.0 Å². The van der Waals surface area contributed by atoms with Crippen LogP contribution in [0.2, 0.25) is 10.0 Å². The lowest BCUT2D eigenvalue weighted by Crippen LogP contribution is -2.52. The van der Waals surface area contributed by atoms with Crippen LogP contribution in [0, 0.1) is 12.8 Å². The van der Waals surface area contributed by atoms with Crippen molar-refractivity contribution < 1.29 is 18.0 Å². The van der Waals surface area contributed by atoms with Crippen LogP contribution in [0.15, 0.2) is 71.6 Å². The number of hydrogen-bond donors (Lipinski definition) is 1. The lowest BCUT2D eigenvalue weighted by Gasteiger charge is -2.33. The van der Waals surface area contributed by atoms with Crippen molar-refractivity contribution in [1.82, 2.24) is 10.2 Å². The van der Waals surface area contributed by atoms with E-state index in [-0.39, 0.29) is 29.2 Å². The molecule has 0 heterocycles. The maximum absolute atomic E-state index is 14.2. The zero-order valence-electron chi connectivity index (χ0n) is 25.6. The zero-order chi connectivity index (χ0) is 31.9. The average Bonchev–Trinajstić information content (AvgIpc) is 2.95. The number of carbonyl (C=O) groups excluding carboxylic acids is 2. The van der Waals surface area contributed by atoms with Crippen LogP contribution in [0.4, 0.5) is 5.69 Å². The number of halogens is 2. The Morgan fingerprint density at radius 3 is 2.07 bits per heavy atom. The van der Waals surface area contributed by atoms with Crippen LogP contribution in [0.1, 0.15) is 63.6 Å². The first-order chi connectivity index (χ1) is 20.2. The molecule has 0 saturated heterocycles. The van der Waals surface area contributed by atoms with Crippen molar-refractivity contribution in [2.24, 2.45) is 5.92 Å². The molecule has 0 unspecified atom stereocenters. The lowest BCUT2D eigenvalue weighted by atomic mass is 10.0. The van der Waals surface area contributed by atoms with Crippen LogP contribution < -0.4 is 9.62 Å². The second-order valence-electron chi connectivity index (χ2n) is 11.4. The molecule has 3 aromatic carbocycles. The van der Waals surface area contributed by atoms with E-state index in [9.17, 15) is 18.0 Å². The number of nitrogens with zero attached hydrogens (tertiary/aromatic N) is 2. The molecule has 1 atom stereocenters. The van der Waals surface area contributed by atoms with E-state index in [2.05, 4.69) is 5.32 Å². The van der Waals surface area contributed by atoms with E-state index < -0.39 is 28.5 Å². The minimum Gasteiger partial charge on any atom is -0.354 e. The van der Waals surface area contributed by atoms with Gasteiger partial charge in [-0.3, -0.25) is 13.9 Å². The van der Waals surface area contributed by atoms with E-state index in [0.717, 1.165) is 15.4 Å². The fourth-order valence-corrected chi connectivity index (χ4v) is 6.45. The standard InChI is InChI=1S/C33H41Cl2N3O4S/c1-7-31(33(40)36-19-22(2)3)37(20-26-10-13-27(34)18-30(26)35)32(39)21-38(28-14-11-25(12-15-28)23(4)5)43(41,42)29-16-8-24(6)9-17-29/h8-18,22-23,31H,7,19-21H2,1-6H3,(H,36,40)/t31-/m1/s1. The summed E-state index contributed by atoms with van der Waals surface area (Å²) in [5.41, 5.74) is 2.88. The van der Waals surface area contributed by atoms with E-state index >= 15 is 0 Å². The number of carbonyl (C=O) groups is 2. The fourth-order valence-electron chi connectivity index (χ4n) is 4.57. The Kier molecular flexibility index (Phi) is 12.1. The molecule has 0 aliphatic heterocycles. The van der Waals surface area contributed by atoms with Gasteiger partial charge in [-0.25, -0.2) is 8.42 Å². The summed E-state index contributed by atoms with van der Waals surface area (Å²) in [6.07, 6.45) is 0.314. The molecule has 0 aliphatic carbocycles. The van der Waals surface area contributed by atoms with Crippen molar-refractivity contribution >= 4 is 50.7 Å². The van der Waals surface area contributed by atoms with Crippen molar-refractivity contribution in [1.29, 1.82) is 0 Å². The zero-order valence-corrected chi connectivity index (χ0v) is 27.9. The van der Waals surface area contributed by atoms with Gasteiger partial charge in [-0.15, -0.1) is 0 Å². The first-order valence-corrected chi connectivity index (χ1v) is 16.6. The van der Waals surface area contributed by atoms with E-state index in [1.807, 2.05) is 53.7 Å². The summed E-state index contributed by atoms with van der Waals surface area (Å²) >= 11 is 12.6. The molecule has 232 valence electrons. The number of nitrogens with one attached hydrogen (secondary N) is 1. The Balaban J connectivity index is 2.09. The minimum atomic E-state index is -4.15. The molecule has 0 radical (unpaired) electrons. The molecule has 0 bridgehead atoms. The van der Waals surface area contributed by atoms with Gasteiger partial charge in [0, 0.05) is 23.1 Å². The average molecular weight is 647 g/mol. The predicted octanol–water partition coefficient (Wildman–Crippen LogP) is 7.20. The third kappa shape index (κ3) is 8.97. The molecule has 7 nitrogen and oxygen atoms in total. The summed E-state index contributed by atoms with van der Waals surface area (Å²) in [7, 11) is -4.15. The number of sulfonamides is 1. The third-order valence-corrected chi connectivity index (χ3v) is 9.54. The van der Waals surface area contributed by atoms with Gasteiger partial charge in [0.25, 0.3) is 10.0 Å². The molecule has 0 aromatic heterocycles. The topological polar surface area (TPSA) is 86.8 Å². The van der Waals surface area contributed by atoms with Crippen LogP contribution in [0.3, 0.4) is 0 Å². The Labute approximate surface area is 266 Å². The van der Waals surface area contributed by atoms with Gasteiger partial charge in [0.2, 0.25) is 11.8 Å². The molecule has 43 heavy (non-hydrogen) atoms. The van der Waals surface area contributed by atoms with Crippen LogP contribution in [0.25, 0.3) is 0 Å². The monoisotopic (exact) mass is 645 g/mol. The van der Waals surface area contributed by atoms with Crippen molar-refractivity contribution in [2.45, 2.75) is 71.4 Å². The maximum atomic E-state index is 14.2. The fraction of sp³-hybridized carbons (Fsp3) is 0.394. The highest BCUT2D eigenvalue weighted by Crippen LogP contribution is 2.28. The highest BCUT2D eigenvalue weighted by molar-refractivity contribution is 7.92. The maximum Gasteiger partial charge on any atom is 0.264 e. The van der Waals surface area contributed by atoms with Crippen LogP contribution in [-0.2, 0) is 26.2 Å². The highest BCUT2D eigenvalue weighted by atomic mass is 35.5. The quantitative estimate of drug-likeness (QED) is 0.213. The van der Waals surface area contributed by atoms with Crippen molar-refractivity contribution in [3.05, 3.63) is 93.5 Å². The number of benzene rings is 3. The number of rotatable bonds is 13. The summed E-state index contributed by atoms with van der Waals surface area (Å²) in [6.45, 7) is 11.7. The number of anilines is 1. The second kappa shape index (κ2) is 15.1. The van der Waals surface area contributed by atoms with Gasteiger partial charge < -0.3 is 10.2 Å². The van der Waals surface area contributed by atoms with Gasteiger partial charge in [-0.1, -0.05) is 93.7 Å². The number of aryl methyl sites for hydroxylation is 1. The molecule has 0 fully saturated rings. The van der Waals surface area contributed by atoms with Crippen molar-refractivity contribution in [2.75, 3.05) is 17.4 Å². The first-order valence-electron chi connectivity index (χ1n) is 14.4. The molecule has 0 spiro atoms. The smallest absolute Gasteiger partial charge is 0.264 e. The molecule has 1 N–H and O–H groups in total. The molecule has 3 rings (SSSR count). The molecule has 0 saturated carbocycles. The number of amides is 2. The SMILES string of the molecule is CC[C@H](C(=O)NCC(C)C)N(Cc1ccc(Cl)cc1Cl)C(=O)CN(c1ccc(C(C)C)cc1)S(=O)(=O)c1ccc(C)cc1. The van der Waals surface area contributed by atoms with Gasteiger partial charge in [0.05, 0.1) is 10.6 Å². The van der Waals surface area contributed by atoms with Gasteiger partial charge >= 0.3 is 0 Å². The van der Waals surface area contributed by atoms with Gasteiger partial charge in [0.1, 0.15) is 12.6 Å². The normalized spacial score (nSPS) is 12.3. The van der Waals surface area contributed by atoms with Crippen LogP contribution in [-0.4, -0.2) is 44.3 Å². The van der Waals surface area contributed by atoms with E-state index in [0.29, 0.717) is 34.3 Å². The molecule has 3 aromatic rings. The molecular formula is C33H41Cl2N3O4S. The van der Waals surface area contributed by atoms with Crippen molar-refractivity contribution in [3.63, 3.8) is 0 Å². The Morgan fingerprint density at radius 2 is 1.53 bits per heavy atom. The lowest BCUT2D eigenvalue weighted by molar-refractivity contribution is -0.140. The minimum absolute atomic E-state index is 0.00680. The molecular weight excluding hydrogens is 605 g/mol. The third-order valence-electron chi connectivity index (χ3n) is 7.16. The Morgan fingerprint density at radius 1 is 0.907 bits per heavy atom. The molecule has 10 heteroatoms. The summed E-state index contributed by atoms with van der Waals surface area (Å²) in [5, 5.41) is 3.70. The summed E-state index contributed by atoms with van der Waals surface area (Å²) in [4.78, 5) is 29.1. The molecule has 0 aliphatic rings. The Bertz CT molecular complexity index is 1510. The number of hydrogen-bond acceptors (Lipinski definition) is 4. The highest BCUT2D eigenvalue weighted by Gasteiger charge is 2.34.